The van der Waals surface area contributed by atoms with Crippen LogP contribution in [0.25, 0.3) is 0 Å². The van der Waals surface area contributed by atoms with Gasteiger partial charge in [0.15, 0.2) is 0 Å². The van der Waals surface area contributed by atoms with Gasteiger partial charge in [-0.15, -0.1) is 0 Å². The molecule has 0 aliphatic carbocycles. The largest absolute Gasteiger partial charge is 0.339 e. The van der Waals surface area contributed by atoms with Gasteiger partial charge in [-0.2, -0.15) is 0 Å². The zero-order valence-corrected chi connectivity index (χ0v) is 15.7. The summed E-state index contributed by atoms with van der Waals surface area (Å²) < 4.78 is 26.3. The van der Waals surface area contributed by atoms with E-state index in [1.54, 1.807) is 19.2 Å². The SMILES string of the molecule is CCCCN(C)S(=O)(=O)c1ccc(C(=O)N2CCC(C)CC2)cc1. The van der Waals surface area contributed by atoms with Gasteiger partial charge in [0, 0.05) is 32.2 Å². The van der Waals surface area contributed by atoms with E-state index >= 15 is 0 Å². The number of nitrogens with zero attached hydrogens (tertiary/aromatic N) is 2. The lowest BCUT2D eigenvalue weighted by molar-refractivity contribution is 0.0697. The Morgan fingerprint density at radius 1 is 1.21 bits per heavy atom. The first-order valence-electron chi connectivity index (χ1n) is 8.72. The summed E-state index contributed by atoms with van der Waals surface area (Å²) in [6, 6.07) is 6.33. The van der Waals surface area contributed by atoms with Gasteiger partial charge in [0.1, 0.15) is 0 Å². The van der Waals surface area contributed by atoms with Crippen LogP contribution < -0.4 is 0 Å². The zero-order chi connectivity index (χ0) is 17.7. The van der Waals surface area contributed by atoms with Gasteiger partial charge in [-0.25, -0.2) is 12.7 Å². The minimum Gasteiger partial charge on any atom is -0.339 e. The molecule has 0 aromatic heterocycles. The molecule has 1 amide bonds. The molecule has 1 aliphatic heterocycles. The molecule has 1 aromatic rings. The number of amides is 1. The number of carbonyl (C=O) groups is 1. The van der Waals surface area contributed by atoms with Crippen LogP contribution in [0.2, 0.25) is 0 Å². The second kappa shape index (κ2) is 8.12. The van der Waals surface area contributed by atoms with E-state index in [1.807, 2.05) is 11.8 Å². The first-order valence-corrected chi connectivity index (χ1v) is 10.2. The molecular formula is C18H28N2O3S. The number of hydrogen-bond donors (Lipinski definition) is 0. The van der Waals surface area contributed by atoms with Crippen molar-refractivity contribution in [3.05, 3.63) is 29.8 Å². The number of piperidine rings is 1. The van der Waals surface area contributed by atoms with Crippen LogP contribution in [-0.4, -0.2) is 50.2 Å². The van der Waals surface area contributed by atoms with Crippen LogP contribution in [0.15, 0.2) is 29.2 Å². The molecule has 134 valence electrons. The van der Waals surface area contributed by atoms with Crippen molar-refractivity contribution in [3.63, 3.8) is 0 Å². The van der Waals surface area contributed by atoms with E-state index in [2.05, 4.69) is 6.92 Å². The van der Waals surface area contributed by atoms with Crippen LogP contribution in [-0.2, 0) is 10.0 Å². The number of rotatable bonds is 6. The smallest absolute Gasteiger partial charge is 0.253 e. The quantitative estimate of drug-likeness (QED) is 0.791. The molecule has 0 N–H and O–H groups in total. The Kier molecular flexibility index (Phi) is 6.40. The number of carbonyl (C=O) groups excluding carboxylic acids is 1. The summed E-state index contributed by atoms with van der Waals surface area (Å²) in [5.41, 5.74) is 0.555. The van der Waals surface area contributed by atoms with Crippen LogP contribution in [0.4, 0.5) is 0 Å². The Bertz CT molecular complexity index is 647. The van der Waals surface area contributed by atoms with E-state index in [0.29, 0.717) is 18.0 Å². The monoisotopic (exact) mass is 352 g/mol. The van der Waals surface area contributed by atoms with Crippen LogP contribution >= 0.6 is 0 Å². The second-order valence-electron chi connectivity index (χ2n) is 6.68. The summed E-state index contributed by atoms with van der Waals surface area (Å²) in [5.74, 6) is 0.658. The van der Waals surface area contributed by atoms with Gasteiger partial charge in [-0.05, 0) is 49.4 Å². The van der Waals surface area contributed by atoms with Gasteiger partial charge < -0.3 is 4.90 Å². The lowest BCUT2D eigenvalue weighted by Crippen LogP contribution is -2.37. The number of likely N-dealkylation sites (tertiary alicyclic amines) is 1. The third-order valence-electron chi connectivity index (χ3n) is 4.71. The fraction of sp³-hybridized carbons (Fsp3) is 0.611. The molecule has 0 radical (unpaired) electrons. The van der Waals surface area contributed by atoms with Crippen molar-refractivity contribution in [2.24, 2.45) is 5.92 Å². The molecule has 1 aromatic carbocycles. The number of hydrogen-bond acceptors (Lipinski definition) is 3. The molecule has 0 bridgehead atoms. The highest BCUT2D eigenvalue weighted by Gasteiger charge is 2.23. The fourth-order valence-electron chi connectivity index (χ4n) is 2.84. The summed E-state index contributed by atoms with van der Waals surface area (Å²) in [6.07, 6.45) is 3.84. The first-order chi connectivity index (χ1) is 11.4. The Morgan fingerprint density at radius 2 is 1.79 bits per heavy atom. The van der Waals surface area contributed by atoms with Gasteiger partial charge in [0.05, 0.1) is 4.90 Å². The predicted octanol–water partition coefficient (Wildman–Crippen LogP) is 2.98. The van der Waals surface area contributed by atoms with Gasteiger partial charge >= 0.3 is 0 Å². The molecule has 24 heavy (non-hydrogen) atoms. The van der Waals surface area contributed by atoms with Crippen LogP contribution in [0.5, 0.6) is 0 Å². The summed E-state index contributed by atoms with van der Waals surface area (Å²) >= 11 is 0. The predicted molar refractivity (Wildman–Crippen MR) is 95.5 cm³/mol. The molecule has 0 spiro atoms. The molecule has 6 heteroatoms. The second-order valence-corrected chi connectivity index (χ2v) is 8.72. The van der Waals surface area contributed by atoms with E-state index in [4.69, 9.17) is 0 Å². The molecule has 0 atom stereocenters. The number of benzene rings is 1. The normalized spacial score (nSPS) is 16.6. The Balaban J connectivity index is 2.08. The van der Waals surface area contributed by atoms with Crippen molar-refractivity contribution in [1.29, 1.82) is 0 Å². The Morgan fingerprint density at radius 3 is 2.33 bits per heavy atom. The van der Waals surface area contributed by atoms with E-state index in [1.165, 1.54) is 16.4 Å². The lowest BCUT2D eigenvalue weighted by atomic mass is 9.98. The number of unbranched alkanes of at least 4 members (excludes halogenated alkanes) is 1. The minimum absolute atomic E-state index is 0.00909. The lowest BCUT2D eigenvalue weighted by Gasteiger charge is -2.30. The summed E-state index contributed by atoms with van der Waals surface area (Å²) in [4.78, 5) is 14.6. The Hall–Kier alpha value is -1.40. The molecule has 2 rings (SSSR count). The maximum atomic E-state index is 12.5. The highest BCUT2D eigenvalue weighted by molar-refractivity contribution is 7.89. The van der Waals surface area contributed by atoms with Crippen molar-refractivity contribution < 1.29 is 13.2 Å². The molecule has 1 heterocycles. The molecular weight excluding hydrogens is 324 g/mol. The molecule has 1 fully saturated rings. The van der Waals surface area contributed by atoms with Gasteiger partial charge in [0.25, 0.3) is 5.91 Å². The minimum atomic E-state index is -3.48. The summed E-state index contributed by atoms with van der Waals surface area (Å²) in [5, 5.41) is 0. The van der Waals surface area contributed by atoms with E-state index in [9.17, 15) is 13.2 Å². The average molecular weight is 353 g/mol. The van der Waals surface area contributed by atoms with Gasteiger partial charge in [-0.3, -0.25) is 4.79 Å². The Labute approximate surface area is 145 Å². The van der Waals surface area contributed by atoms with E-state index in [0.717, 1.165) is 38.8 Å². The topological polar surface area (TPSA) is 57.7 Å². The van der Waals surface area contributed by atoms with Crippen molar-refractivity contribution >= 4 is 15.9 Å². The van der Waals surface area contributed by atoms with Gasteiger partial charge in [0.2, 0.25) is 10.0 Å². The molecule has 0 saturated carbocycles. The standard InChI is InChI=1S/C18H28N2O3S/c1-4-5-12-19(3)24(22,23)17-8-6-16(7-9-17)18(21)20-13-10-15(2)11-14-20/h6-9,15H,4-5,10-14H2,1-3H3. The fourth-order valence-corrected chi connectivity index (χ4v) is 4.05. The van der Waals surface area contributed by atoms with Crippen molar-refractivity contribution in [2.45, 2.75) is 44.4 Å². The number of sulfonamides is 1. The maximum Gasteiger partial charge on any atom is 0.253 e. The molecule has 1 saturated heterocycles. The van der Waals surface area contributed by atoms with Crippen LogP contribution in [0.3, 0.4) is 0 Å². The average Bonchev–Trinajstić information content (AvgIpc) is 2.59. The third kappa shape index (κ3) is 4.36. The van der Waals surface area contributed by atoms with Crippen molar-refractivity contribution in [2.75, 3.05) is 26.7 Å². The third-order valence-corrected chi connectivity index (χ3v) is 6.58. The molecule has 1 aliphatic rings. The molecule has 0 unspecified atom stereocenters. The van der Waals surface area contributed by atoms with Crippen LogP contribution in [0.1, 0.15) is 49.9 Å². The summed E-state index contributed by atoms with van der Waals surface area (Å²) in [7, 11) is -1.88. The van der Waals surface area contributed by atoms with Gasteiger partial charge in [-0.1, -0.05) is 20.3 Å². The summed E-state index contributed by atoms with van der Waals surface area (Å²) in [6.45, 7) is 6.30. The van der Waals surface area contributed by atoms with Crippen LogP contribution in [0, 0.1) is 5.92 Å². The highest BCUT2D eigenvalue weighted by atomic mass is 32.2. The zero-order valence-electron chi connectivity index (χ0n) is 14.9. The van der Waals surface area contributed by atoms with E-state index in [-0.39, 0.29) is 10.8 Å². The molecule has 5 nitrogen and oxygen atoms in total. The van der Waals surface area contributed by atoms with Crippen molar-refractivity contribution in [3.8, 4) is 0 Å². The first kappa shape index (κ1) is 18.9. The highest BCUT2D eigenvalue weighted by Crippen LogP contribution is 2.20. The van der Waals surface area contributed by atoms with E-state index < -0.39 is 10.0 Å². The maximum absolute atomic E-state index is 12.5. The van der Waals surface area contributed by atoms with Crippen molar-refractivity contribution in [1.82, 2.24) is 9.21 Å².